The lowest BCUT2D eigenvalue weighted by molar-refractivity contribution is -0.277. The Kier molecular flexibility index (Phi) is 26.6. The van der Waals surface area contributed by atoms with Gasteiger partial charge in [0, 0.05) is 31.1 Å². The van der Waals surface area contributed by atoms with Crippen LogP contribution in [0.1, 0.15) is 91.9 Å². The molecule has 1 saturated heterocycles. The van der Waals surface area contributed by atoms with E-state index in [1.807, 2.05) is 43.4 Å². The van der Waals surface area contributed by atoms with Crippen molar-refractivity contribution in [2.24, 2.45) is 23.5 Å². The second-order valence-corrected chi connectivity index (χ2v) is 17.4. The number of cyclic esters (lactones) is 1. The summed E-state index contributed by atoms with van der Waals surface area (Å²) < 4.78 is 17.0. The number of hydrogen-bond donors (Lipinski definition) is 12. The summed E-state index contributed by atoms with van der Waals surface area (Å²) in [6.07, 6.45) is 0.848. The van der Waals surface area contributed by atoms with Crippen LogP contribution in [0.3, 0.4) is 0 Å². The number of aliphatic hydroxyl groups is 10. The normalized spacial score (nSPS) is 39.6. The maximum atomic E-state index is 12.9. The van der Waals surface area contributed by atoms with Gasteiger partial charge in [-0.2, -0.15) is 0 Å². The Hall–Kier alpha value is -3.47. The number of carboxylic acid groups (broad SMARTS) is 1. The number of rotatable bonds is 3. The minimum absolute atomic E-state index is 0.144. The Bertz CT molecular complexity index is 1600. The molecule has 18 atom stereocenters. The van der Waals surface area contributed by atoms with Gasteiger partial charge in [-0.15, -0.1) is 0 Å². The molecule has 0 aromatic heterocycles. The molecule has 0 aromatic carbocycles. The minimum Gasteiger partial charge on any atom is -0.481 e. The first-order valence-electron chi connectivity index (χ1n) is 22.4. The molecule has 0 saturated carbocycles. The monoisotopic (exact) mass is 926 g/mol. The van der Waals surface area contributed by atoms with Gasteiger partial charge in [-0.25, -0.2) is 0 Å². The fraction of sp³-hybridized carbons (Fsp3) is 0.681. The van der Waals surface area contributed by atoms with E-state index in [0.29, 0.717) is 0 Å². The predicted octanol–water partition coefficient (Wildman–Crippen LogP) is 0.778. The van der Waals surface area contributed by atoms with Gasteiger partial charge in [0.05, 0.1) is 79.6 Å². The van der Waals surface area contributed by atoms with Gasteiger partial charge in [-0.3, -0.25) is 14.4 Å². The zero-order valence-electron chi connectivity index (χ0n) is 37.8. The van der Waals surface area contributed by atoms with Gasteiger partial charge >= 0.3 is 11.9 Å². The maximum Gasteiger partial charge on any atom is 0.311 e. The smallest absolute Gasteiger partial charge is 0.311 e. The fourth-order valence-electron chi connectivity index (χ4n) is 7.45. The molecule has 1 fully saturated rings. The Morgan fingerprint density at radius 1 is 0.615 bits per heavy atom. The Morgan fingerprint density at radius 2 is 1.18 bits per heavy atom. The van der Waals surface area contributed by atoms with E-state index in [4.69, 9.17) is 19.9 Å². The number of allylic oxidation sites excluding steroid dienone is 10. The number of aliphatic carboxylic acids is 1. The van der Waals surface area contributed by atoms with Gasteiger partial charge in [0.15, 0.2) is 6.29 Å². The third-order valence-electron chi connectivity index (χ3n) is 11.7. The number of Topliss-reactive ketones (excluding diaryl/α,β-unsaturated/α-hetero) is 1. The summed E-state index contributed by atoms with van der Waals surface area (Å²) in [5.74, 6) is -5.88. The van der Waals surface area contributed by atoms with Crippen molar-refractivity contribution in [1.29, 1.82) is 0 Å². The number of ether oxygens (including phenoxy) is 3. The minimum atomic E-state index is -1.95. The third kappa shape index (κ3) is 21.4. The van der Waals surface area contributed by atoms with Gasteiger partial charge in [0.1, 0.15) is 23.9 Å². The van der Waals surface area contributed by atoms with Crippen molar-refractivity contribution in [2.75, 3.05) is 0 Å². The van der Waals surface area contributed by atoms with Gasteiger partial charge in [0.25, 0.3) is 0 Å². The van der Waals surface area contributed by atoms with E-state index in [2.05, 4.69) is 0 Å². The molecular weight excluding hydrogens is 851 g/mol. The van der Waals surface area contributed by atoms with Crippen LogP contribution in [-0.2, 0) is 28.6 Å². The molecule has 0 amide bonds. The molecule has 0 bridgehead atoms. The number of carboxylic acids is 1. The molecule has 65 heavy (non-hydrogen) atoms. The first kappa shape index (κ1) is 57.7. The van der Waals surface area contributed by atoms with Crippen LogP contribution in [0, 0.1) is 17.8 Å². The first-order chi connectivity index (χ1) is 30.6. The maximum absolute atomic E-state index is 12.9. The van der Waals surface area contributed by atoms with E-state index in [0.717, 1.165) is 12.8 Å². The Balaban J connectivity index is 2.26. The largest absolute Gasteiger partial charge is 0.481 e. The quantitative estimate of drug-likeness (QED) is 0.174. The number of aliphatic hydroxyl groups excluding tert-OH is 10. The Labute approximate surface area is 381 Å². The van der Waals surface area contributed by atoms with E-state index in [-0.39, 0.29) is 31.6 Å². The highest BCUT2D eigenvalue weighted by Crippen LogP contribution is 2.26. The number of carbonyl (C=O) groups is 3. The van der Waals surface area contributed by atoms with Gasteiger partial charge in [-0.05, 0) is 52.4 Å². The molecule has 0 aromatic rings. The average Bonchev–Trinajstić information content (AvgIpc) is 3.22. The average molecular weight is 926 g/mol. The molecule has 0 aliphatic carbocycles. The molecule has 0 spiro atoms. The standard InChI is InChI=1S/C47H75NO17/c1-27-17-15-13-11-9-7-5-6-8-10-12-14-16-18-35(65-47-45(60)42(48)44(59)30(4)64-47)26-39(56)41(46(61)62)38(55)24-34(52)23-37(54)36(53)20-19-31(49)21-32(50)22-33(51)25-40(57)63-29(3)28(2)43(27)58/h5-6,8,10-18,27-33,35-39,41-45,47,49-51,53-56,58-60H,7,9,19-26,48H2,1-4H3,(H,61,62)/t27-,28-,29-,30-,31+,32+,33+,35+,36-,37+,38-,39+,41-,42+,43+,44+,45+,47+/m1/s1. The molecule has 18 nitrogen and oxygen atoms in total. The van der Waals surface area contributed by atoms with Crippen LogP contribution >= 0.6 is 0 Å². The van der Waals surface area contributed by atoms with E-state index >= 15 is 0 Å². The summed E-state index contributed by atoms with van der Waals surface area (Å²) in [6.45, 7) is 6.73. The van der Waals surface area contributed by atoms with Crippen LogP contribution in [0.25, 0.3) is 0 Å². The van der Waals surface area contributed by atoms with Crippen molar-refractivity contribution in [1.82, 2.24) is 0 Å². The highest BCUT2D eigenvalue weighted by molar-refractivity contribution is 5.81. The van der Waals surface area contributed by atoms with Crippen molar-refractivity contribution in [3.8, 4) is 0 Å². The summed E-state index contributed by atoms with van der Waals surface area (Å²) >= 11 is 0. The summed E-state index contributed by atoms with van der Waals surface area (Å²) in [6, 6.07) is -1.15. The summed E-state index contributed by atoms with van der Waals surface area (Å²) in [7, 11) is 0. The zero-order chi connectivity index (χ0) is 48.8. The third-order valence-corrected chi connectivity index (χ3v) is 11.7. The predicted molar refractivity (Wildman–Crippen MR) is 238 cm³/mol. The van der Waals surface area contributed by atoms with E-state index < -0.39 is 147 Å². The van der Waals surface area contributed by atoms with Crippen molar-refractivity contribution in [2.45, 2.75) is 184 Å². The van der Waals surface area contributed by atoms with Crippen LogP contribution in [0.4, 0.5) is 0 Å². The number of carbonyl (C=O) groups excluding carboxylic acids is 2. The lowest BCUT2D eigenvalue weighted by Gasteiger charge is -2.41. The van der Waals surface area contributed by atoms with E-state index in [1.54, 1.807) is 44.2 Å². The fourth-order valence-corrected chi connectivity index (χ4v) is 7.45. The number of ketones is 1. The van der Waals surface area contributed by atoms with Crippen molar-refractivity contribution in [3.05, 3.63) is 72.9 Å². The molecular formula is C47H75NO17. The van der Waals surface area contributed by atoms with Crippen LogP contribution in [0.15, 0.2) is 72.9 Å². The van der Waals surface area contributed by atoms with Crippen molar-refractivity contribution < 1.29 is 84.8 Å². The lowest BCUT2D eigenvalue weighted by Crippen LogP contribution is -2.61. The summed E-state index contributed by atoms with van der Waals surface area (Å²) in [4.78, 5) is 37.8. The second-order valence-electron chi connectivity index (χ2n) is 17.4. The van der Waals surface area contributed by atoms with Crippen molar-refractivity contribution in [3.63, 3.8) is 0 Å². The van der Waals surface area contributed by atoms with E-state index in [9.17, 15) is 70.6 Å². The molecule has 2 aliphatic heterocycles. The van der Waals surface area contributed by atoms with Crippen LogP contribution < -0.4 is 5.73 Å². The molecule has 0 unspecified atom stereocenters. The summed E-state index contributed by atoms with van der Waals surface area (Å²) in [5, 5.41) is 116. The Morgan fingerprint density at radius 3 is 1.83 bits per heavy atom. The molecule has 2 rings (SSSR count). The molecule has 2 aliphatic rings. The van der Waals surface area contributed by atoms with Gasteiger partial charge in [0.2, 0.25) is 0 Å². The number of nitrogens with two attached hydrogens (primary N) is 1. The second kappa shape index (κ2) is 30.0. The van der Waals surface area contributed by atoms with Crippen LogP contribution in [-0.4, -0.2) is 166 Å². The topological polar surface area (TPSA) is 327 Å². The first-order valence-corrected chi connectivity index (χ1v) is 22.4. The highest BCUT2D eigenvalue weighted by Gasteiger charge is 2.43. The molecule has 2 heterocycles. The number of hydrogen-bond acceptors (Lipinski definition) is 17. The molecule has 370 valence electrons. The number of esters is 1. The van der Waals surface area contributed by atoms with Crippen LogP contribution in [0.5, 0.6) is 0 Å². The van der Waals surface area contributed by atoms with E-state index in [1.165, 1.54) is 13.0 Å². The molecule has 0 radical (unpaired) electrons. The van der Waals surface area contributed by atoms with Gasteiger partial charge in [-0.1, -0.05) is 86.8 Å². The molecule has 13 N–H and O–H groups in total. The van der Waals surface area contributed by atoms with Gasteiger partial charge < -0.3 is 76.1 Å². The SMILES string of the molecule is C[C@H]1[C@@H](O)[C@H](C)C=CC=CCCC=CC=CC=CC=C[C@H](O[C@@H]2O[C@H](C)[C@H](O)[C@H](N)[C@@H]2O)C[C@H](O)[C@H](C(=O)O)[C@H](O)CC(=O)C[C@H](O)[C@H](O)CC[C@H](O)C[C@H](O)C[C@H](O)CC(=O)O[C@@H]1C. The lowest BCUT2D eigenvalue weighted by atomic mass is 9.88. The van der Waals surface area contributed by atoms with Crippen molar-refractivity contribution >= 4 is 17.7 Å². The summed E-state index contributed by atoms with van der Waals surface area (Å²) in [5.41, 5.74) is 5.96. The zero-order valence-corrected chi connectivity index (χ0v) is 37.8. The van der Waals surface area contributed by atoms with Crippen LogP contribution in [0.2, 0.25) is 0 Å². The molecule has 18 heteroatoms. The highest BCUT2D eigenvalue weighted by atomic mass is 16.7.